The molecule has 0 bridgehead atoms. The number of halogens is 4. The second-order valence-electron chi connectivity index (χ2n) is 2.93. The first kappa shape index (κ1) is 14.7. The minimum atomic E-state index is -4.95. The van der Waals surface area contributed by atoms with Crippen molar-refractivity contribution in [2.45, 2.75) is 12.2 Å². The fourth-order valence-corrected chi connectivity index (χ4v) is 1.01. The van der Waals surface area contributed by atoms with Crippen molar-refractivity contribution in [3.63, 3.8) is 0 Å². The summed E-state index contributed by atoms with van der Waals surface area (Å²) in [5.74, 6) is -2.11. The van der Waals surface area contributed by atoms with E-state index in [1.807, 2.05) is 0 Å². The zero-order chi connectivity index (χ0) is 11.6. The van der Waals surface area contributed by atoms with Crippen molar-refractivity contribution in [2.75, 3.05) is 0 Å². The van der Waals surface area contributed by atoms with Crippen LogP contribution in [0.2, 0.25) is 0 Å². The molecule has 1 aromatic rings. The molecule has 0 saturated carbocycles. The van der Waals surface area contributed by atoms with Crippen LogP contribution in [0, 0.1) is 0 Å². The van der Waals surface area contributed by atoms with Gasteiger partial charge in [-0.3, -0.25) is 4.79 Å². The standard InChI is InChI=1S/C9H8F3NO2.ClH/c10-9(11,12)8(15)7(13)5-1-3-6(14)4-2-5;/h1-4,7,14H,13H2;1H. The van der Waals surface area contributed by atoms with Gasteiger partial charge in [-0.05, 0) is 17.7 Å². The Labute approximate surface area is 95.5 Å². The second-order valence-corrected chi connectivity index (χ2v) is 2.93. The van der Waals surface area contributed by atoms with Gasteiger partial charge in [-0.2, -0.15) is 13.2 Å². The van der Waals surface area contributed by atoms with Gasteiger partial charge in [0.1, 0.15) is 5.75 Å². The molecule has 90 valence electrons. The van der Waals surface area contributed by atoms with Crippen molar-refractivity contribution >= 4 is 18.2 Å². The molecule has 0 amide bonds. The summed E-state index contributed by atoms with van der Waals surface area (Å²) in [5.41, 5.74) is 5.13. The molecule has 3 N–H and O–H groups in total. The van der Waals surface area contributed by atoms with Crippen molar-refractivity contribution in [3.8, 4) is 5.75 Å². The number of hydrogen-bond donors (Lipinski definition) is 2. The van der Waals surface area contributed by atoms with Gasteiger partial charge < -0.3 is 10.8 Å². The van der Waals surface area contributed by atoms with Crippen LogP contribution in [0.25, 0.3) is 0 Å². The fraction of sp³-hybridized carbons (Fsp3) is 0.222. The number of phenols is 1. The molecule has 0 fully saturated rings. The van der Waals surface area contributed by atoms with Crippen LogP contribution >= 0.6 is 12.4 Å². The van der Waals surface area contributed by atoms with Crippen LogP contribution in [0.3, 0.4) is 0 Å². The molecule has 1 aromatic carbocycles. The number of carbonyl (C=O) groups is 1. The molecule has 0 aliphatic rings. The summed E-state index contributed by atoms with van der Waals surface area (Å²) in [6, 6.07) is 2.93. The molecule has 16 heavy (non-hydrogen) atoms. The monoisotopic (exact) mass is 255 g/mol. The maximum atomic E-state index is 12.0. The summed E-state index contributed by atoms with van der Waals surface area (Å²) >= 11 is 0. The normalized spacial score (nSPS) is 12.8. The maximum Gasteiger partial charge on any atom is 0.452 e. The van der Waals surface area contributed by atoms with Gasteiger partial charge in [-0.15, -0.1) is 12.4 Å². The molecule has 0 heterocycles. The van der Waals surface area contributed by atoms with E-state index in [4.69, 9.17) is 10.8 Å². The highest BCUT2D eigenvalue weighted by atomic mass is 35.5. The number of benzene rings is 1. The summed E-state index contributed by atoms with van der Waals surface area (Å²) in [6.45, 7) is 0. The molecule has 0 spiro atoms. The lowest BCUT2D eigenvalue weighted by Gasteiger charge is -2.12. The number of phenolic OH excluding ortho intramolecular Hbond substituents is 1. The van der Waals surface area contributed by atoms with Crippen LogP contribution in [0.4, 0.5) is 13.2 Å². The van der Waals surface area contributed by atoms with E-state index < -0.39 is 18.0 Å². The molecule has 0 radical (unpaired) electrons. The number of Topliss-reactive ketones (excluding diaryl/α,β-unsaturated/α-hetero) is 1. The SMILES string of the molecule is Cl.NC(C(=O)C(F)(F)F)c1ccc(O)cc1. The molecule has 0 saturated heterocycles. The molecule has 7 heteroatoms. The summed E-state index contributed by atoms with van der Waals surface area (Å²) in [6.07, 6.45) is -4.95. The molecule has 0 aliphatic carbocycles. The third kappa shape index (κ3) is 3.39. The Balaban J connectivity index is 0.00000225. The Morgan fingerprint density at radius 1 is 1.25 bits per heavy atom. The second kappa shape index (κ2) is 5.18. The third-order valence-electron chi connectivity index (χ3n) is 1.81. The van der Waals surface area contributed by atoms with Gasteiger partial charge in [-0.25, -0.2) is 0 Å². The van der Waals surface area contributed by atoms with Crippen LogP contribution < -0.4 is 5.73 Å². The molecule has 0 aromatic heterocycles. The van der Waals surface area contributed by atoms with E-state index in [-0.39, 0.29) is 23.7 Å². The van der Waals surface area contributed by atoms with Gasteiger partial charge in [0.2, 0.25) is 0 Å². The predicted octanol–water partition coefficient (Wildman–Crippen LogP) is 1.95. The fourth-order valence-electron chi connectivity index (χ4n) is 1.01. The Morgan fingerprint density at radius 2 is 1.69 bits per heavy atom. The number of hydrogen-bond acceptors (Lipinski definition) is 3. The molecule has 1 atom stereocenters. The van der Waals surface area contributed by atoms with Crippen molar-refractivity contribution in [1.29, 1.82) is 0 Å². The quantitative estimate of drug-likeness (QED) is 0.849. The van der Waals surface area contributed by atoms with Crippen LogP contribution in [-0.4, -0.2) is 17.1 Å². The van der Waals surface area contributed by atoms with Crippen LogP contribution in [0.5, 0.6) is 5.75 Å². The zero-order valence-corrected chi connectivity index (χ0v) is 8.68. The minimum Gasteiger partial charge on any atom is -0.508 e. The molecular formula is C9H9ClF3NO2. The number of rotatable bonds is 2. The van der Waals surface area contributed by atoms with Crippen LogP contribution in [0.1, 0.15) is 11.6 Å². The molecular weight excluding hydrogens is 247 g/mol. The van der Waals surface area contributed by atoms with Gasteiger partial charge in [0.25, 0.3) is 5.78 Å². The molecule has 1 rings (SSSR count). The van der Waals surface area contributed by atoms with Crippen LogP contribution in [-0.2, 0) is 4.79 Å². The Hall–Kier alpha value is -1.27. The zero-order valence-electron chi connectivity index (χ0n) is 7.86. The van der Waals surface area contributed by atoms with Gasteiger partial charge >= 0.3 is 6.18 Å². The molecule has 3 nitrogen and oxygen atoms in total. The van der Waals surface area contributed by atoms with Crippen molar-refractivity contribution in [3.05, 3.63) is 29.8 Å². The number of carbonyl (C=O) groups excluding carboxylic acids is 1. The highest BCUT2D eigenvalue weighted by Gasteiger charge is 2.42. The number of alkyl halides is 3. The van der Waals surface area contributed by atoms with Gasteiger partial charge in [0.05, 0.1) is 6.04 Å². The van der Waals surface area contributed by atoms with E-state index in [9.17, 15) is 18.0 Å². The summed E-state index contributed by atoms with van der Waals surface area (Å²) in [7, 11) is 0. The van der Waals surface area contributed by atoms with E-state index in [0.29, 0.717) is 0 Å². The first-order valence-electron chi connectivity index (χ1n) is 3.98. The topological polar surface area (TPSA) is 63.3 Å². The summed E-state index contributed by atoms with van der Waals surface area (Å²) < 4.78 is 36.0. The third-order valence-corrected chi connectivity index (χ3v) is 1.81. The highest BCUT2D eigenvalue weighted by molar-refractivity contribution is 5.89. The van der Waals surface area contributed by atoms with Gasteiger partial charge in [0.15, 0.2) is 0 Å². The van der Waals surface area contributed by atoms with Gasteiger partial charge in [0, 0.05) is 0 Å². The van der Waals surface area contributed by atoms with Crippen molar-refractivity contribution in [1.82, 2.24) is 0 Å². The van der Waals surface area contributed by atoms with E-state index in [2.05, 4.69) is 0 Å². The van der Waals surface area contributed by atoms with E-state index in [1.165, 1.54) is 24.3 Å². The van der Waals surface area contributed by atoms with Crippen molar-refractivity contribution < 1.29 is 23.1 Å². The van der Waals surface area contributed by atoms with E-state index in [0.717, 1.165) is 0 Å². The number of nitrogens with two attached hydrogens (primary N) is 1. The van der Waals surface area contributed by atoms with Crippen molar-refractivity contribution in [2.24, 2.45) is 5.73 Å². The summed E-state index contributed by atoms with van der Waals surface area (Å²) in [5, 5.41) is 8.89. The molecule has 1 unspecified atom stereocenters. The Morgan fingerprint density at radius 3 is 2.06 bits per heavy atom. The Bertz CT molecular complexity index is 364. The van der Waals surface area contributed by atoms with Crippen LogP contribution in [0.15, 0.2) is 24.3 Å². The molecule has 0 aliphatic heterocycles. The maximum absolute atomic E-state index is 12.0. The summed E-state index contributed by atoms with van der Waals surface area (Å²) in [4.78, 5) is 10.7. The number of aromatic hydroxyl groups is 1. The first-order chi connectivity index (χ1) is 6.82. The van der Waals surface area contributed by atoms with Gasteiger partial charge in [-0.1, -0.05) is 12.1 Å². The van der Waals surface area contributed by atoms with E-state index >= 15 is 0 Å². The lowest BCUT2D eigenvalue weighted by Crippen LogP contribution is -2.33. The smallest absolute Gasteiger partial charge is 0.452 e. The predicted molar refractivity (Wildman–Crippen MR) is 53.3 cm³/mol. The lowest BCUT2D eigenvalue weighted by atomic mass is 10.0. The highest BCUT2D eigenvalue weighted by Crippen LogP contribution is 2.25. The lowest BCUT2D eigenvalue weighted by molar-refractivity contribution is -0.172. The Kier molecular flexibility index (Phi) is 4.77. The average Bonchev–Trinajstić information content (AvgIpc) is 2.15. The largest absolute Gasteiger partial charge is 0.508 e. The first-order valence-corrected chi connectivity index (χ1v) is 3.98. The van der Waals surface area contributed by atoms with E-state index in [1.54, 1.807) is 0 Å². The average molecular weight is 256 g/mol. The minimum absolute atomic E-state index is 0. The number of ketones is 1.